The van der Waals surface area contributed by atoms with Crippen molar-refractivity contribution in [3.63, 3.8) is 0 Å². The van der Waals surface area contributed by atoms with Gasteiger partial charge in [-0.1, -0.05) is 6.58 Å². The summed E-state index contributed by atoms with van der Waals surface area (Å²) in [5, 5.41) is 16.7. The van der Waals surface area contributed by atoms with Crippen molar-refractivity contribution in [1.29, 1.82) is 0 Å². The van der Waals surface area contributed by atoms with E-state index in [1.807, 2.05) is 18.2 Å². The summed E-state index contributed by atoms with van der Waals surface area (Å²) in [6.45, 7) is 9.80. The number of aryl methyl sites for hydroxylation is 1. The van der Waals surface area contributed by atoms with Crippen LogP contribution in [0.1, 0.15) is 28.4 Å². The molecule has 7 rings (SSSR count). The Morgan fingerprint density at radius 3 is 2.70 bits per heavy atom. The second-order valence-electron chi connectivity index (χ2n) is 12.7. The molecule has 0 aliphatic carbocycles. The number of aliphatic hydroxyl groups is 1. The molecule has 2 fully saturated rings. The molecule has 0 saturated carbocycles. The number of hydrogen-bond acceptors (Lipinski definition) is 11. The molecule has 3 aliphatic rings. The lowest BCUT2D eigenvalue weighted by molar-refractivity contribution is -0.111. The summed E-state index contributed by atoms with van der Waals surface area (Å²) in [4.78, 5) is 58.9. The third-order valence-corrected chi connectivity index (χ3v) is 9.59. The van der Waals surface area contributed by atoms with E-state index in [0.717, 1.165) is 44.1 Å². The molecular formula is C36H39N9O5. The summed E-state index contributed by atoms with van der Waals surface area (Å²) in [7, 11) is 1.62. The minimum Gasteiger partial charge on any atom is -0.392 e. The lowest BCUT2D eigenvalue weighted by Crippen LogP contribution is -2.59. The Balaban J connectivity index is 1.19. The van der Waals surface area contributed by atoms with Crippen LogP contribution in [0.4, 0.5) is 28.7 Å². The van der Waals surface area contributed by atoms with Crippen molar-refractivity contribution in [2.24, 2.45) is 7.05 Å². The number of piperazine rings is 1. The molecule has 258 valence electrons. The number of fused-ring (bicyclic) bond motifs is 1. The molecule has 3 aromatic heterocycles. The monoisotopic (exact) mass is 677 g/mol. The van der Waals surface area contributed by atoms with Crippen LogP contribution in [0.15, 0.2) is 72.6 Å². The molecular weight excluding hydrogens is 638 g/mol. The van der Waals surface area contributed by atoms with Crippen molar-refractivity contribution in [3.8, 4) is 11.3 Å². The highest BCUT2D eigenvalue weighted by Crippen LogP contribution is 2.35. The molecule has 14 nitrogen and oxygen atoms in total. The predicted molar refractivity (Wildman–Crippen MR) is 190 cm³/mol. The largest absolute Gasteiger partial charge is 0.392 e. The van der Waals surface area contributed by atoms with Crippen LogP contribution in [-0.4, -0.2) is 92.8 Å². The molecule has 1 unspecified atom stereocenters. The molecule has 2 amide bonds. The smallest absolute Gasteiger partial charge is 0.293 e. The number of carbonyl (C=O) groups excluding carboxylic acids is 2. The number of carbonyl (C=O) groups is 2. The maximum absolute atomic E-state index is 13.5. The standard InChI is InChI=1S/C36H39N9O5/c1-4-32(47)40-29-15-24(5-6-31(29)44-14-13-43(17-22(44)2)25-20-50-21-25)39-33-36(49)42(3)18-30(41-33)26-8-11-38-34(28(26)19-46)45-12-9-23-7-10-37-16-27(23)35(45)48/h4-8,10-11,15-16,18,22,25,46H,1,9,12-14,17,19-21H2,2-3H3,(H,39,41)(H,40,47). The van der Waals surface area contributed by atoms with Crippen LogP contribution >= 0.6 is 0 Å². The van der Waals surface area contributed by atoms with Crippen LogP contribution in [0.5, 0.6) is 0 Å². The van der Waals surface area contributed by atoms with E-state index in [-0.39, 0.29) is 29.2 Å². The number of rotatable bonds is 9. The molecule has 1 atom stereocenters. The summed E-state index contributed by atoms with van der Waals surface area (Å²) < 4.78 is 6.80. The van der Waals surface area contributed by atoms with Crippen LogP contribution in [0.2, 0.25) is 0 Å². The van der Waals surface area contributed by atoms with Gasteiger partial charge < -0.3 is 29.9 Å². The van der Waals surface area contributed by atoms with Crippen LogP contribution in [-0.2, 0) is 29.6 Å². The highest BCUT2D eigenvalue weighted by molar-refractivity contribution is 6.08. The van der Waals surface area contributed by atoms with Crippen molar-refractivity contribution in [2.75, 3.05) is 59.8 Å². The van der Waals surface area contributed by atoms with Crippen LogP contribution in [0.25, 0.3) is 11.3 Å². The average molecular weight is 678 g/mol. The molecule has 1 aromatic carbocycles. The molecule has 2 saturated heterocycles. The number of anilines is 5. The summed E-state index contributed by atoms with van der Waals surface area (Å²) in [6.07, 6.45) is 8.19. The second-order valence-corrected chi connectivity index (χ2v) is 12.7. The minimum absolute atomic E-state index is 0.0414. The summed E-state index contributed by atoms with van der Waals surface area (Å²) in [5.41, 5.74) is 4.33. The van der Waals surface area contributed by atoms with Gasteiger partial charge in [0.2, 0.25) is 5.91 Å². The summed E-state index contributed by atoms with van der Waals surface area (Å²) >= 11 is 0. The van der Waals surface area contributed by atoms with Gasteiger partial charge in [0.25, 0.3) is 11.5 Å². The molecule has 50 heavy (non-hydrogen) atoms. The van der Waals surface area contributed by atoms with Gasteiger partial charge in [0.1, 0.15) is 5.82 Å². The third-order valence-electron chi connectivity index (χ3n) is 9.59. The molecule has 3 N–H and O–H groups in total. The number of amides is 2. The van der Waals surface area contributed by atoms with Gasteiger partial charge in [0.05, 0.1) is 48.5 Å². The van der Waals surface area contributed by atoms with Gasteiger partial charge in [-0.3, -0.25) is 29.2 Å². The second kappa shape index (κ2) is 13.8. The van der Waals surface area contributed by atoms with Crippen molar-refractivity contribution in [3.05, 3.63) is 94.8 Å². The van der Waals surface area contributed by atoms with E-state index in [4.69, 9.17) is 9.72 Å². The van der Waals surface area contributed by atoms with Crippen molar-refractivity contribution >= 4 is 40.5 Å². The Bertz CT molecular complexity index is 2030. The van der Waals surface area contributed by atoms with Crippen LogP contribution in [0, 0.1) is 0 Å². The van der Waals surface area contributed by atoms with E-state index in [9.17, 15) is 19.5 Å². The van der Waals surface area contributed by atoms with Gasteiger partial charge in [-0.2, -0.15) is 0 Å². The van der Waals surface area contributed by atoms with Crippen molar-refractivity contribution in [1.82, 2.24) is 24.4 Å². The molecule has 0 spiro atoms. The highest BCUT2D eigenvalue weighted by atomic mass is 16.5. The zero-order chi connectivity index (χ0) is 34.9. The van der Waals surface area contributed by atoms with E-state index in [0.29, 0.717) is 58.6 Å². The number of pyridine rings is 2. The van der Waals surface area contributed by atoms with Crippen LogP contribution < -0.4 is 26.0 Å². The maximum atomic E-state index is 13.5. The number of aromatic nitrogens is 4. The fourth-order valence-corrected chi connectivity index (χ4v) is 6.84. The molecule has 3 aliphatic heterocycles. The van der Waals surface area contributed by atoms with Gasteiger partial charge in [-0.05, 0) is 55.3 Å². The first-order valence-corrected chi connectivity index (χ1v) is 16.6. The first-order valence-electron chi connectivity index (χ1n) is 16.6. The first kappa shape index (κ1) is 33.1. The van der Waals surface area contributed by atoms with Crippen molar-refractivity contribution < 1.29 is 19.4 Å². The molecule has 6 heterocycles. The Morgan fingerprint density at radius 1 is 1.12 bits per heavy atom. The Kier molecular flexibility index (Phi) is 9.14. The summed E-state index contributed by atoms with van der Waals surface area (Å²) in [6, 6.07) is 9.73. The number of benzene rings is 1. The third kappa shape index (κ3) is 6.24. The SMILES string of the molecule is C=CC(=O)Nc1cc(Nc2nc(-c3ccnc(N4CCc5ccncc5C4=O)c3CO)cn(C)c2=O)ccc1N1CCN(C2COC2)CC1C. The number of hydrogen-bond donors (Lipinski definition) is 3. The fraction of sp³-hybridized carbons (Fsp3) is 0.333. The minimum atomic E-state index is -0.412. The molecule has 0 bridgehead atoms. The molecule has 4 aromatic rings. The Labute approximate surface area is 289 Å². The van der Waals surface area contributed by atoms with Gasteiger partial charge in [0, 0.05) is 80.9 Å². The lowest BCUT2D eigenvalue weighted by atomic mass is 10.00. The normalized spacial score (nSPS) is 18.0. The Hall–Kier alpha value is -5.44. The first-order chi connectivity index (χ1) is 24.2. The maximum Gasteiger partial charge on any atom is 0.293 e. The molecule has 0 radical (unpaired) electrons. The number of aliphatic hydroxyl groups excluding tert-OH is 1. The Morgan fingerprint density at radius 2 is 1.96 bits per heavy atom. The zero-order valence-corrected chi connectivity index (χ0v) is 28.0. The van der Waals surface area contributed by atoms with Gasteiger partial charge in [0.15, 0.2) is 5.82 Å². The van der Waals surface area contributed by atoms with Gasteiger partial charge >= 0.3 is 0 Å². The van der Waals surface area contributed by atoms with E-state index in [2.05, 4.69) is 43.9 Å². The fourth-order valence-electron chi connectivity index (χ4n) is 6.84. The molecule has 14 heteroatoms. The van der Waals surface area contributed by atoms with E-state index in [1.54, 1.807) is 48.9 Å². The topological polar surface area (TPSA) is 158 Å². The van der Waals surface area contributed by atoms with E-state index < -0.39 is 6.61 Å². The lowest BCUT2D eigenvalue weighted by Gasteiger charge is -2.46. The van der Waals surface area contributed by atoms with Gasteiger partial charge in [-0.15, -0.1) is 0 Å². The predicted octanol–water partition coefficient (Wildman–Crippen LogP) is 2.71. The zero-order valence-electron chi connectivity index (χ0n) is 28.0. The quantitative estimate of drug-likeness (QED) is 0.224. The van der Waals surface area contributed by atoms with Crippen molar-refractivity contribution in [2.45, 2.75) is 32.0 Å². The number of nitrogens with one attached hydrogen (secondary N) is 2. The van der Waals surface area contributed by atoms with Crippen LogP contribution in [0.3, 0.4) is 0 Å². The highest BCUT2D eigenvalue weighted by Gasteiger charge is 2.33. The number of nitrogens with zero attached hydrogens (tertiary/aromatic N) is 7. The van der Waals surface area contributed by atoms with E-state index >= 15 is 0 Å². The van der Waals surface area contributed by atoms with E-state index in [1.165, 1.54) is 10.6 Å². The average Bonchev–Trinajstić information content (AvgIpc) is 3.10. The van der Waals surface area contributed by atoms with Gasteiger partial charge in [-0.25, -0.2) is 9.97 Å². The summed E-state index contributed by atoms with van der Waals surface area (Å²) in [5.74, 6) is -0.237. The number of ether oxygens (including phenoxy) is 1.